The molecule has 0 aromatic heterocycles. The maximum Gasteiger partial charge on any atom is 0.283 e. The summed E-state index contributed by atoms with van der Waals surface area (Å²) >= 11 is 1.33. The van der Waals surface area contributed by atoms with Gasteiger partial charge < -0.3 is 9.64 Å². The van der Waals surface area contributed by atoms with E-state index < -0.39 is 0 Å². The van der Waals surface area contributed by atoms with Crippen LogP contribution in [0.5, 0.6) is 5.75 Å². The van der Waals surface area contributed by atoms with Crippen LogP contribution in [0.3, 0.4) is 0 Å². The van der Waals surface area contributed by atoms with Crippen molar-refractivity contribution in [2.75, 3.05) is 23.0 Å². The molecule has 2 amide bonds. The van der Waals surface area contributed by atoms with E-state index in [0.717, 1.165) is 16.1 Å². The minimum Gasteiger partial charge on any atom is -0.494 e. The summed E-state index contributed by atoms with van der Waals surface area (Å²) < 4.78 is 5.51. The number of carbonyl (C=O) groups excluding carboxylic acids is 2. The first-order chi connectivity index (χ1) is 16.0. The Kier molecular flexibility index (Phi) is 6.84. The molecule has 0 atom stereocenters. The molecule has 0 saturated carbocycles. The molecule has 33 heavy (non-hydrogen) atoms. The average Bonchev–Trinajstić information content (AvgIpc) is 3.07. The van der Waals surface area contributed by atoms with Gasteiger partial charge in [0.1, 0.15) is 16.4 Å². The van der Waals surface area contributed by atoms with Gasteiger partial charge in [-0.2, -0.15) is 0 Å². The van der Waals surface area contributed by atoms with Crippen LogP contribution in [-0.4, -0.2) is 25.0 Å². The summed E-state index contributed by atoms with van der Waals surface area (Å²) in [5.41, 5.74) is 2.92. The van der Waals surface area contributed by atoms with Gasteiger partial charge in [-0.15, -0.1) is 0 Å². The third kappa shape index (κ3) is 4.66. The SMILES string of the molecule is CCOc1ccc(N2C(=O)C(Sc3ccc(C)cc3)=C(N(CC)c3ccccc3)C2=O)cc1. The Morgan fingerprint density at radius 2 is 1.52 bits per heavy atom. The van der Waals surface area contributed by atoms with Crippen molar-refractivity contribution in [3.63, 3.8) is 0 Å². The smallest absolute Gasteiger partial charge is 0.283 e. The van der Waals surface area contributed by atoms with Gasteiger partial charge >= 0.3 is 0 Å². The van der Waals surface area contributed by atoms with Gasteiger partial charge in [-0.3, -0.25) is 9.59 Å². The molecule has 6 heteroatoms. The molecule has 0 fully saturated rings. The van der Waals surface area contributed by atoms with Gasteiger partial charge in [-0.1, -0.05) is 47.7 Å². The number of anilines is 2. The number of hydrogen-bond acceptors (Lipinski definition) is 5. The summed E-state index contributed by atoms with van der Waals surface area (Å²) in [5.74, 6) is 0.0471. The molecule has 0 bridgehead atoms. The van der Waals surface area contributed by atoms with E-state index in [1.54, 1.807) is 24.3 Å². The van der Waals surface area contributed by atoms with Crippen LogP contribution < -0.4 is 14.5 Å². The lowest BCUT2D eigenvalue weighted by molar-refractivity contribution is -0.120. The number of likely N-dealkylation sites (N-methyl/N-ethyl adjacent to an activating group) is 1. The highest BCUT2D eigenvalue weighted by molar-refractivity contribution is 8.04. The number of imide groups is 1. The topological polar surface area (TPSA) is 49.9 Å². The predicted octanol–water partition coefficient (Wildman–Crippen LogP) is 5.80. The predicted molar refractivity (Wildman–Crippen MR) is 134 cm³/mol. The fraction of sp³-hybridized carbons (Fsp3) is 0.185. The fourth-order valence-electron chi connectivity index (χ4n) is 3.72. The molecular formula is C27H26N2O3S. The van der Waals surface area contributed by atoms with E-state index in [2.05, 4.69) is 0 Å². The number of nitrogens with zero attached hydrogens (tertiary/aromatic N) is 2. The molecule has 168 valence electrons. The van der Waals surface area contributed by atoms with Gasteiger partial charge in [0.15, 0.2) is 0 Å². The second kappa shape index (κ2) is 9.96. The van der Waals surface area contributed by atoms with E-state index in [9.17, 15) is 9.59 Å². The standard InChI is InChI=1S/C27H26N2O3S/c1-4-28(20-9-7-6-8-10-20)24-25(33-23-17-11-19(3)12-18-23)27(31)29(26(24)30)21-13-15-22(16-14-21)32-5-2/h6-18H,4-5H2,1-3H3. The Hall–Kier alpha value is -3.51. The molecule has 3 aromatic rings. The molecule has 5 nitrogen and oxygen atoms in total. The summed E-state index contributed by atoms with van der Waals surface area (Å²) in [7, 11) is 0. The zero-order chi connectivity index (χ0) is 23.4. The highest BCUT2D eigenvalue weighted by Gasteiger charge is 2.42. The minimum atomic E-state index is -0.329. The summed E-state index contributed by atoms with van der Waals surface area (Å²) in [5, 5.41) is 0. The van der Waals surface area contributed by atoms with E-state index in [4.69, 9.17) is 4.74 Å². The summed E-state index contributed by atoms with van der Waals surface area (Å²) in [6, 6.07) is 24.7. The minimum absolute atomic E-state index is 0.320. The number of para-hydroxylation sites is 1. The van der Waals surface area contributed by atoms with E-state index in [1.807, 2.05) is 80.3 Å². The Labute approximate surface area is 198 Å². The summed E-state index contributed by atoms with van der Waals surface area (Å²) in [6.45, 7) is 7.01. The molecule has 0 saturated heterocycles. The van der Waals surface area contributed by atoms with Crippen LogP contribution in [0.4, 0.5) is 11.4 Å². The van der Waals surface area contributed by atoms with Crippen molar-refractivity contribution in [3.05, 3.63) is 95.0 Å². The maximum atomic E-state index is 13.7. The van der Waals surface area contributed by atoms with Gasteiger partial charge in [0.05, 0.1) is 12.3 Å². The van der Waals surface area contributed by atoms with E-state index >= 15 is 0 Å². The van der Waals surface area contributed by atoms with Crippen LogP contribution in [0, 0.1) is 6.92 Å². The van der Waals surface area contributed by atoms with Crippen LogP contribution in [0.25, 0.3) is 0 Å². The number of rotatable bonds is 8. The molecular weight excluding hydrogens is 432 g/mol. The van der Waals surface area contributed by atoms with E-state index in [0.29, 0.717) is 35.2 Å². The van der Waals surface area contributed by atoms with Crippen LogP contribution >= 0.6 is 11.8 Å². The lowest BCUT2D eigenvalue weighted by Crippen LogP contribution is -2.35. The lowest BCUT2D eigenvalue weighted by atomic mass is 10.2. The van der Waals surface area contributed by atoms with Gasteiger partial charge in [0.2, 0.25) is 0 Å². The number of aryl methyl sites for hydroxylation is 1. The second-order valence-corrected chi connectivity index (χ2v) is 8.63. The maximum absolute atomic E-state index is 13.7. The van der Waals surface area contributed by atoms with Crippen LogP contribution in [0.2, 0.25) is 0 Å². The number of hydrogen-bond donors (Lipinski definition) is 0. The van der Waals surface area contributed by atoms with Crippen molar-refractivity contribution in [2.24, 2.45) is 0 Å². The Bertz CT molecular complexity index is 1170. The Balaban J connectivity index is 1.77. The first-order valence-electron chi connectivity index (χ1n) is 11.0. The number of thioether (sulfide) groups is 1. The number of benzene rings is 3. The molecule has 1 aliphatic rings. The Morgan fingerprint density at radius 1 is 0.848 bits per heavy atom. The highest BCUT2D eigenvalue weighted by atomic mass is 32.2. The second-order valence-electron chi connectivity index (χ2n) is 7.55. The van der Waals surface area contributed by atoms with Crippen LogP contribution in [-0.2, 0) is 9.59 Å². The van der Waals surface area contributed by atoms with Gasteiger partial charge in [0, 0.05) is 17.1 Å². The molecule has 4 rings (SSSR count). The monoisotopic (exact) mass is 458 g/mol. The average molecular weight is 459 g/mol. The highest BCUT2D eigenvalue weighted by Crippen LogP contribution is 2.40. The first-order valence-corrected chi connectivity index (χ1v) is 11.8. The fourth-order valence-corrected chi connectivity index (χ4v) is 4.70. The molecule has 3 aromatic carbocycles. The molecule has 0 spiro atoms. The van der Waals surface area contributed by atoms with Gasteiger partial charge in [0.25, 0.3) is 11.8 Å². The molecule has 1 heterocycles. The van der Waals surface area contributed by atoms with Crippen molar-refractivity contribution in [1.29, 1.82) is 0 Å². The van der Waals surface area contributed by atoms with Crippen molar-refractivity contribution in [2.45, 2.75) is 25.7 Å². The van der Waals surface area contributed by atoms with Gasteiger partial charge in [-0.05, 0) is 69.3 Å². The zero-order valence-electron chi connectivity index (χ0n) is 18.9. The summed E-state index contributed by atoms with van der Waals surface area (Å²) in [4.78, 5) is 31.8. The lowest BCUT2D eigenvalue weighted by Gasteiger charge is -2.24. The van der Waals surface area contributed by atoms with E-state index in [1.165, 1.54) is 16.7 Å². The number of ether oxygens (including phenoxy) is 1. The largest absolute Gasteiger partial charge is 0.494 e. The Morgan fingerprint density at radius 3 is 2.12 bits per heavy atom. The summed E-state index contributed by atoms with van der Waals surface area (Å²) in [6.07, 6.45) is 0. The van der Waals surface area contributed by atoms with Gasteiger partial charge in [-0.25, -0.2) is 4.90 Å². The molecule has 1 aliphatic heterocycles. The van der Waals surface area contributed by atoms with Crippen molar-refractivity contribution >= 4 is 35.0 Å². The number of carbonyl (C=O) groups is 2. The quantitative estimate of drug-likeness (QED) is 0.400. The zero-order valence-corrected chi connectivity index (χ0v) is 19.8. The molecule has 0 N–H and O–H groups in total. The van der Waals surface area contributed by atoms with Crippen molar-refractivity contribution in [1.82, 2.24) is 0 Å². The number of amides is 2. The van der Waals surface area contributed by atoms with Crippen molar-refractivity contribution < 1.29 is 14.3 Å². The van der Waals surface area contributed by atoms with Crippen LogP contribution in [0.15, 0.2) is 94.4 Å². The molecule has 0 unspecified atom stereocenters. The third-order valence-corrected chi connectivity index (χ3v) is 6.40. The van der Waals surface area contributed by atoms with Crippen molar-refractivity contribution in [3.8, 4) is 5.75 Å². The third-order valence-electron chi connectivity index (χ3n) is 5.32. The first kappa shape index (κ1) is 22.7. The normalized spacial score (nSPS) is 13.6. The van der Waals surface area contributed by atoms with E-state index in [-0.39, 0.29) is 11.8 Å². The van der Waals surface area contributed by atoms with Crippen LogP contribution in [0.1, 0.15) is 19.4 Å². The molecule has 0 radical (unpaired) electrons. The molecule has 0 aliphatic carbocycles.